The Morgan fingerprint density at radius 3 is 2.61 bits per heavy atom. The number of hydrogen-bond donors (Lipinski definition) is 2. The van der Waals surface area contributed by atoms with Crippen molar-refractivity contribution in [2.75, 3.05) is 0 Å². The van der Waals surface area contributed by atoms with Crippen molar-refractivity contribution in [1.82, 2.24) is 9.97 Å². The molecular formula is C17H10BrN3O2. The topological polar surface area (TPSA) is 89.8 Å². The zero-order chi connectivity index (χ0) is 16.4. The summed E-state index contributed by atoms with van der Waals surface area (Å²) < 4.78 is 0.633. The minimum absolute atomic E-state index is 0.0319. The maximum absolute atomic E-state index is 12.1. The summed E-state index contributed by atoms with van der Waals surface area (Å²) in [6.07, 6.45) is 0. The molecule has 23 heavy (non-hydrogen) atoms. The minimum Gasteiger partial charge on any atom is -0.506 e. The zero-order valence-corrected chi connectivity index (χ0v) is 13.3. The Kier molecular flexibility index (Phi) is 3.96. The molecular weight excluding hydrogens is 358 g/mol. The van der Waals surface area contributed by atoms with Gasteiger partial charge >= 0.3 is 0 Å². The Morgan fingerprint density at radius 1 is 1.17 bits per heavy atom. The molecule has 0 unspecified atom stereocenters. The predicted molar refractivity (Wildman–Crippen MR) is 91.6 cm³/mol. The maximum atomic E-state index is 12.1. The fourth-order valence-corrected chi connectivity index (χ4v) is 2.68. The first-order valence-corrected chi connectivity index (χ1v) is 7.49. The highest BCUT2D eigenvalue weighted by atomic mass is 79.9. The van der Waals surface area contributed by atoms with E-state index >= 15 is 0 Å². The third-order valence-electron chi connectivity index (χ3n) is 3.33. The molecule has 5 nitrogen and oxygen atoms in total. The van der Waals surface area contributed by atoms with Gasteiger partial charge in [-0.25, -0.2) is 4.98 Å². The van der Waals surface area contributed by atoms with Crippen LogP contribution in [0.1, 0.15) is 11.4 Å². The van der Waals surface area contributed by atoms with E-state index in [4.69, 9.17) is 0 Å². The molecule has 0 atom stereocenters. The molecule has 112 valence electrons. The van der Waals surface area contributed by atoms with Gasteiger partial charge in [-0.15, -0.1) is 0 Å². The third-order valence-corrected chi connectivity index (χ3v) is 4.02. The fourth-order valence-electron chi connectivity index (χ4n) is 2.21. The van der Waals surface area contributed by atoms with Crippen molar-refractivity contribution in [3.05, 3.63) is 74.7 Å². The highest BCUT2D eigenvalue weighted by Gasteiger charge is 2.16. The molecule has 0 saturated heterocycles. The molecule has 3 aromatic rings. The van der Waals surface area contributed by atoms with E-state index in [2.05, 4.69) is 25.9 Å². The van der Waals surface area contributed by atoms with E-state index in [1.54, 1.807) is 48.5 Å². The zero-order valence-electron chi connectivity index (χ0n) is 11.7. The van der Waals surface area contributed by atoms with E-state index in [9.17, 15) is 15.2 Å². The third kappa shape index (κ3) is 2.74. The van der Waals surface area contributed by atoms with E-state index in [1.165, 1.54) is 0 Å². The normalized spacial score (nSPS) is 11.8. The lowest BCUT2D eigenvalue weighted by atomic mass is 10.1. The van der Waals surface area contributed by atoms with Crippen molar-refractivity contribution in [3.63, 3.8) is 0 Å². The number of hydrogen-bond acceptors (Lipinski definition) is 4. The number of halogens is 1. The van der Waals surface area contributed by atoms with Crippen LogP contribution in [0.25, 0.3) is 22.2 Å². The Hall–Kier alpha value is -2.91. The van der Waals surface area contributed by atoms with Crippen LogP contribution in [-0.2, 0) is 0 Å². The number of H-pyrrole nitrogens is 1. The Labute approximate surface area is 139 Å². The van der Waals surface area contributed by atoms with Crippen LogP contribution in [0.2, 0.25) is 0 Å². The second-order valence-corrected chi connectivity index (χ2v) is 5.60. The van der Waals surface area contributed by atoms with Crippen LogP contribution in [0.3, 0.4) is 0 Å². The number of nitriles is 1. The largest absolute Gasteiger partial charge is 0.506 e. The van der Waals surface area contributed by atoms with Crippen molar-refractivity contribution in [3.8, 4) is 6.07 Å². The first kappa shape index (κ1) is 15.0. The van der Waals surface area contributed by atoms with E-state index in [0.29, 0.717) is 20.9 Å². The number of nitrogens with one attached hydrogen (secondary N) is 1. The lowest BCUT2D eigenvalue weighted by molar-refractivity contribution is 0.513. The number of rotatable bonds is 2. The van der Waals surface area contributed by atoms with Gasteiger partial charge in [0.05, 0.1) is 10.9 Å². The molecule has 6 heteroatoms. The monoisotopic (exact) mass is 367 g/mol. The van der Waals surface area contributed by atoms with Crippen molar-refractivity contribution in [2.24, 2.45) is 0 Å². The molecule has 0 aliphatic heterocycles. The van der Waals surface area contributed by atoms with Gasteiger partial charge in [0.1, 0.15) is 17.4 Å². The van der Waals surface area contributed by atoms with Crippen LogP contribution in [0.4, 0.5) is 0 Å². The summed E-state index contributed by atoms with van der Waals surface area (Å²) in [6.45, 7) is 0. The van der Waals surface area contributed by atoms with Gasteiger partial charge in [0.25, 0.3) is 5.56 Å². The Balaban J connectivity index is 2.27. The number of fused-ring (bicyclic) bond motifs is 1. The quantitative estimate of drug-likeness (QED) is 0.534. The highest BCUT2D eigenvalue weighted by Crippen LogP contribution is 2.27. The minimum atomic E-state index is -0.363. The van der Waals surface area contributed by atoms with Gasteiger partial charge in [0.2, 0.25) is 0 Å². The molecule has 0 bridgehead atoms. The highest BCUT2D eigenvalue weighted by molar-refractivity contribution is 9.10. The van der Waals surface area contributed by atoms with Crippen molar-refractivity contribution >= 4 is 38.2 Å². The van der Waals surface area contributed by atoms with Crippen LogP contribution in [0, 0.1) is 11.3 Å². The van der Waals surface area contributed by atoms with Gasteiger partial charge in [-0.1, -0.05) is 46.3 Å². The van der Waals surface area contributed by atoms with Gasteiger partial charge in [-0.3, -0.25) is 4.79 Å². The van der Waals surface area contributed by atoms with E-state index in [-0.39, 0.29) is 22.7 Å². The maximum Gasteiger partial charge on any atom is 0.259 e. The number of allylic oxidation sites excluding steroid dienone is 1. The fraction of sp³-hybridized carbons (Fsp3) is 0. The molecule has 0 saturated carbocycles. The van der Waals surface area contributed by atoms with Gasteiger partial charge in [-0.05, 0) is 18.2 Å². The SMILES string of the molecule is N#C/C(=C(/O)c1ccccc1Br)c1nc2ccccc2c(=O)[nH]1. The summed E-state index contributed by atoms with van der Waals surface area (Å²) in [7, 11) is 0. The summed E-state index contributed by atoms with van der Waals surface area (Å²) in [5, 5.41) is 20.3. The van der Waals surface area contributed by atoms with Crippen molar-refractivity contribution in [1.29, 1.82) is 5.26 Å². The summed E-state index contributed by atoms with van der Waals surface area (Å²) >= 11 is 3.33. The van der Waals surface area contributed by atoms with Crippen molar-refractivity contribution < 1.29 is 5.11 Å². The number of nitrogens with zero attached hydrogens (tertiary/aromatic N) is 2. The molecule has 1 aromatic heterocycles. The number of aliphatic hydroxyl groups excluding tert-OH is 1. The second-order valence-electron chi connectivity index (χ2n) is 4.75. The smallest absolute Gasteiger partial charge is 0.259 e. The molecule has 3 rings (SSSR count). The molecule has 0 aliphatic carbocycles. The number of para-hydroxylation sites is 1. The summed E-state index contributed by atoms with van der Waals surface area (Å²) in [4.78, 5) is 18.9. The molecule has 2 N–H and O–H groups in total. The Bertz CT molecular complexity index is 1030. The van der Waals surface area contributed by atoms with E-state index in [0.717, 1.165) is 0 Å². The molecule has 0 radical (unpaired) electrons. The van der Waals surface area contributed by atoms with Gasteiger partial charge < -0.3 is 10.1 Å². The van der Waals surface area contributed by atoms with Crippen LogP contribution in [-0.4, -0.2) is 15.1 Å². The van der Waals surface area contributed by atoms with E-state index < -0.39 is 0 Å². The molecule has 0 spiro atoms. The lowest BCUT2D eigenvalue weighted by Gasteiger charge is -2.07. The van der Waals surface area contributed by atoms with Crippen LogP contribution in [0.15, 0.2) is 57.8 Å². The number of aliphatic hydroxyl groups is 1. The van der Waals surface area contributed by atoms with Crippen LogP contribution < -0.4 is 5.56 Å². The lowest BCUT2D eigenvalue weighted by Crippen LogP contribution is -2.11. The molecule has 1 heterocycles. The molecule has 2 aromatic carbocycles. The van der Waals surface area contributed by atoms with E-state index in [1.807, 2.05) is 6.07 Å². The first-order chi connectivity index (χ1) is 11.1. The Morgan fingerprint density at radius 2 is 1.87 bits per heavy atom. The molecule has 0 amide bonds. The molecule has 0 aliphatic rings. The van der Waals surface area contributed by atoms with Crippen LogP contribution in [0.5, 0.6) is 0 Å². The van der Waals surface area contributed by atoms with Crippen LogP contribution >= 0.6 is 15.9 Å². The number of benzene rings is 2. The standard InChI is InChI=1S/C17H10BrN3O2/c18-13-7-3-1-5-10(13)15(22)12(9-19)16-20-14-8-4-2-6-11(14)17(23)21-16/h1-8,22H,(H,20,21,23)/b15-12-. The molecule has 0 fully saturated rings. The summed E-state index contributed by atoms with van der Waals surface area (Å²) in [5.74, 6) is -0.220. The predicted octanol–water partition coefficient (Wildman–Crippen LogP) is 3.64. The van der Waals surface area contributed by atoms with Gasteiger partial charge in [0.15, 0.2) is 5.82 Å². The second kappa shape index (κ2) is 6.07. The number of aromatic nitrogens is 2. The first-order valence-electron chi connectivity index (χ1n) is 6.69. The summed E-state index contributed by atoms with van der Waals surface area (Å²) in [6, 6.07) is 15.7. The van der Waals surface area contributed by atoms with Crippen molar-refractivity contribution in [2.45, 2.75) is 0 Å². The average molecular weight is 368 g/mol. The summed E-state index contributed by atoms with van der Waals surface area (Å²) in [5.41, 5.74) is 0.441. The average Bonchev–Trinajstić information content (AvgIpc) is 2.56. The number of aromatic amines is 1. The van der Waals surface area contributed by atoms with Gasteiger partial charge in [-0.2, -0.15) is 5.26 Å². The van der Waals surface area contributed by atoms with Gasteiger partial charge in [0, 0.05) is 10.0 Å².